The van der Waals surface area contributed by atoms with Crippen molar-refractivity contribution in [2.24, 2.45) is 5.92 Å². The molecule has 10 nitrogen and oxygen atoms in total. The Morgan fingerprint density at radius 3 is 2.74 bits per heavy atom. The molecule has 198 valence electrons. The highest BCUT2D eigenvalue weighted by molar-refractivity contribution is 7.18. The van der Waals surface area contributed by atoms with E-state index in [2.05, 4.69) is 15.1 Å². The largest absolute Gasteiger partial charge is 0.496 e. The van der Waals surface area contributed by atoms with Crippen LogP contribution in [0.3, 0.4) is 0 Å². The number of carbonyl (C=O) groups excluding carboxylic acids is 1. The maximum atomic E-state index is 11.7. The molecule has 0 spiro atoms. The Balaban J connectivity index is 1.22. The average Bonchev–Trinajstić information content (AvgIpc) is 3.69. The third-order valence-corrected chi connectivity index (χ3v) is 8.94. The molecule has 12 heteroatoms. The first kappa shape index (κ1) is 24.8. The van der Waals surface area contributed by atoms with Crippen LogP contribution in [0.5, 0.6) is 16.7 Å². The number of nitrogens with zero attached hydrogens (tertiary/aromatic N) is 4. The summed E-state index contributed by atoms with van der Waals surface area (Å²) in [5, 5.41) is 19.4. The van der Waals surface area contributed by atoms with E-state index in [9.17, 15) is 9.90 Å². The van der Waals surface area contributed by atoms with Crippen molar-refractivity contribution >= 4 is 44.4 Å². The first-order valence-corrected chi connectivity index (χ1v) is 13.9. The van der Waals surface area contributed by atoms with Gasteiger partial charge in [0.1, 0.15) is 45.8 Å². The van der Waals surface area contributed by atoms with E-state index in [1.54, 1.807) is 37.9 Å². The van der Waals surface area contributed by atoms with Crippen molar-refractivity contribution in [3.05, 3.63) is 40.5 Å². The lowest BCUT2D eigenvalue weighted by Crippen LogP contribution is -2.33. The first-order valence-electron chi connectivity index (χ1n) is 12.2. The van der Waals surface area contributed by atoms with Crippen LogP contribution in [-0.4, -0.2) is 44.7 Å². The van der Waals surface area contributed by atoms with E-state index >= 15 is 0 Å². The standard InChI is InChI=1S/C26H26N4O6S2/c1-14(31)15-4-6-26(32,7-5-15)23-27-16(13-37-23)12-35-20-8-17(33-2)9-21-18(20)10-22(36-21)19-11-30-24(28-19)38-25(29-30)34-3/h8-11,13,15,32H,4-7,12H2,1-3H3. The molecule has 5 aromatic rings. The van der Waals surface area contributed by atoms with Gasteiger partial charge in [-0.15, -0.1) is 16.4 Å². The Kier molecular flexibility index (Phi) is 6.33. The molecule has 4 heterocycles. The van der Waals surface area contributed by atoms with Crippen LogP contribution in [0.15, 0.2) is 34.2 Å². The van der Waals surface area contributed by atoms with Gasteiger partial charge in [-0.2, -0.15) is 0 Å². The number of hydrogen-bond acceptors (Lipinski definition) is 11. The van der Waals surface area contributed by atoms with Crippen molar-refractivity contribution in [3.8, 4) is 28.1 Å². The lowest BCUT2D eigenvalue weighted by molar-refractivity contribution is -0.123. The topological polar surface area (TPSA) is 121 Å². The lowest BCUT2D eigenvalue weighted by Gasteiger charge is -2.33. The minimum absolute atomic E-state index is 0.0332. The Hall–Kier alpha value is -3.48. The van der Waals surface area contributed by atoms with Crippen LogP contribution < -0.4 is 14.2 Å². The Labute approximate surface area is 225 Å². The van der Waals surface area contributed by atoms with Gasteiger partial charge in [0.15, 0.2) is 5.76 Å². The van der Waals surface area contributed by atoms with Crippen molar-refractivity contribution in [1.29, 1.82) is 0 Å². The summed E-state index contributed by atoms with van der Waals surface area (Å²) in [6, 6.07) is 5.50. The van der Waals surface area contributed by atoms with Crippen molar-refractivity contribution in [2.45, 2.75) is 44.8 Å². The summed E-state index contributed by atoms with van der Waals surface area (Å²) in [6.45, 7) is 1.84. The van der Waals surface area contributed by atoms with Crippen LogP contribution in [0.1, 0.15) is 43.3 Å². The summed E-state index contributed by atoms with van der Waals surface area (Å²) in [7, 11) is 3.16. The SMILES string of the molecule is COc1cc(OCc2csc(C3(O)CCC(C(C)=O)CC3)n2)c2cc(-c3cn4nc(OC)sc4n3)oc2c1. The fourth-order valence-corrected chi connectivity index (χ4v) is 6.44. The van der Waals surface area contributed by atoms with Gasteiger partial charge in [0.2, 0.25) is 4.96 Å². The van der Waals surface area contributed by atoms with Gasteiger partial charge >= 0.3 is 0 Å². The Bertz CT molecular complexity index is 1590. The molecule has 1 N–H and O–H groups in total. The average molecular weight is 555 g/mol. The summed E-state index contributed by atoms with van der Waals surface area (Å²) in [6.07, 6.45) is 4.22. The zero-order chi connectivity index (χ0) is 26.4. The number of rotatable bonds is 8. The molecule has 1 aromatic carbocycles. The van der Waals surface area contributed by atoms with E-state index in [4.69, 9.17) is 18.6 Å². The molecule has 4 aromatic heterocycles. The molecule has 0 bridgehead atoms. The molecule has 0 amide bonds. The number of thiazole rings is 1. The van der Waals surface area contributed by atoms with E-state index < -0.39 is 5.60 Å². The number of Topliss-reactive ketones (excluding diaryl/α,β-unsaturated/α-hetero) is 1. The number of methoxy groups -OCH3 is 2. The van der Waals surface area contributed by atoms with E-state index in [0.29, 0.717) is 69.4 Å². The molecule has 1 fully saturated rings. The minimum Gasteiger partial charge on any atom is -0.496 e. The summed E-state index contributed by atoms with van der Waals surface area (Å²) < 4.78 is 24.6. The van der Waals surface area contributed by atoms with E-state index in [1.165, 1.54) is 22.7 Å². The number of ketones is 1. The lowest BCUT2D eigenvalue weighted by atomic mass is 9.78. The van der Waals surface area contributed by atoms with E-state index in [-0.39, 0.29) is 18.3 Å². The highest BCUT2D eigenvalue weighted by atomic mass is 32.1. The molecular weight excluding hydrogens is 528 g/mol. The number of hydrogen-bond donors (Lipinski definition) is 1. The fourth-order valence-electron chi connectivity index (χ4n) is 4.78. The second-order valence-electron chi connectivity index (χ2n) is 9.42. The smallest absolute Gasteiger partial charge is 0.294 e. The predicted octanol–water partition coefficient (Wildman–Crippen LogP) is 5.22. The van der Waals surface area contributed by atoms with Crippen molar-refractivity contribution < 1.29 is 28.5 Å². The fraction of sp³-hybridized carbons (Fsp3) is 0.385. The van der Waals surface area contributed by atoms with Gasteiger partial charge in [-0.05, 0) is 50.0 Å². The highest BCUT2D eigenvalue weighted by Crippen LogP contribution is 2.41. The normalized spacial score (nSPS) is 19.7. The summed E-state index contributed by atoms with van der Waals surface area (Å²) in [5.74, 6) is 1.99. The van der Waals surface area contributed by atoms with Crippen LogP contribution in [0.25, 0.3) is 27.4 Å². The molecule has 6 rings (SSSR count). The van der Waals surface area contributed by atoms with Gasteiger partial charge < -0.3 is 23.7 Å². The first-order chi connectivity index (χ1) is 18.3. The van der Waals surface area contributed by atoms with Gasteiger partial charge in [-0.3, -0.25) is 4.79 Å². The van der Waals surface area contributed by atoms with Crippen molar-refractivity contribution in [1.82, 2.24) is 19.6 Å². The van der Waals surface area contributed by atoms with Gasteiger partial charge in [-0.1, -0.05) is 0 Å². The van der Waals surface area contributed by atoms with Gasteiger partial charge in [-0.25, -0.2) is 14.5 Å². The van der Waals surface area contributed by atoms with Gasteiger partial charge in [0.25, 0.3) is 5.19 Å². The molecule has 0 saturated heterocycles. The minimum atomic E-state index is -0.991. The zero-order valence-corrected chi connectivity index (χ0v) is 22.7. The van der Waals surface area contributed by atoms with Crippen LogP contribution in [0.4, 0.5) is 0 Å². The molecular formula is C26H26N4O6S2. The van der Waals surface area contributed by atoms with Crippen LogP contribution in [0, 0.1) is 5.92 Å². The number of fused-ring (bicyclic) bond motifs is 2. The van der Waals surface area contributed by atoms with Crippen LogP contribution >= 0.6 is 22.7 Å². The monoisotopic (exact) mass is 554 g/mol. The molecule has 0 radical (unpaired) electrons. The Morgan fingerprint density at radius 2 is 2.03 bits per heavy atom. The van der Waals surface area contributed by atoms with Crippen LogP contribution in [0.2, 0.25) is 0 Å². The molecule has 0 atom stereocenters. The highest BCUT2D eigenvalue weighted by Gasteiger charge is 2.38. The number of aliphatic hydroxyl groups is 1. The number of imidazole rings is 1. The van der Waals surface area contributed by atoms with Gasteiger partial charge in [0, 0.05) is 23.4 Å². The molecule has 1 saturated carbocycles. The maximum absolute atomic E-state index is 11.7. The maximum Gasteiger partial charge on any atom is 0.294 e. The quantitative estimate of drug-likeness (QED) is 0.275. The number of carbonyl (C=O) groups is 1. The van der Waals surface area contributed by atoms with E-state index in [1.807, 2.05) is 17.5 Å². The second kappa shape index (κ2) is 9.68. The third kappa shape index (κ3) is 4.52. The molecule has 0 aliphatic heterocycles. The van der Waals surface area contributed by atoms with Crippen LogP contribution in [-0.2, 0) is 17.0 Å². The second-order valence-corrected chi connectivity index (χ2v) is 11.2. The predicted molar refractivity (Wildman–Crippen MR) is 142 cm³/mol. The Morgan fingerprint density at radius 1 is 1.21 bits per heavy atom. The number of ether oxygens (including phenoxy) is 3. The molecule has 0 unspecified atom stereocenters. The summed E-state index contributed by atoms with van der Waals surface area (Å²) in [4.78, 5) is 21.7. The number of furan rings is 1. The van der Waals surface area contributed by atoms with Crippen molar-refractivity contribution in [3.63, 3.8) is 0 Å². The summed E-state index contributed by atoms with van der Waals surface area (Å²) in [5.41, 5.74) is 0.978. The molecule has 38 heavy (non-hydrogen) atoms. The van der Waals surface area contributed by atoms with Crippen molar-refractivity contribution in [2.75, 3.05) is 14.2 Å². The zero-order valence-electron chi connectivity index (χ0n) is 21.1. The number of aromatic nitrogens is 4. The third-order valence-electron chi connectivity index (χ3n) is 6.97. The summed E-state index contributed by atoms with van der Waals surface area (Å²) >= 11 is 2.77. The molecule has 1 aliphatic rings. The van der Waals surface area contributed by atoms with Gasteiger partial charge in [0.05, 0.1) is 31.5 Å². The van der Waals surface area contributed by atoms with E-state index in [0.717, 1.165) is 11.1 Å². The number of benzene rings is 1. The molecule has 1 aliphatic carbocycles.